The van der Waals surface area contributed by atoms with E-state index in [9.17, 15) is 0 Å². The molecule has 0 saturated heterocycles. The van der Waals surface area contributed by atoms with Gasteiger partial charge in [-0.1, -0.05) is 19.1 Å². The van der Waals surface area contributed by atoms with Crippen LogP contribution >= 0.6 is 0 Å². The third-order valence-electron chi connectivity index (χ3n) is 4.25. The predicted molar refractivity (Wildman–Crippen MR) is 71.4 cm³/mol. The second kappa shape index (κ2) is 4.02. The van der Waals surface area contributed by atoms with E-state index >= 15 is 0 Å². The smallest absolute Gasteiger partial charge is 0.0682 e. The van der Waals surface area contributed by atoms with E-state index in [0.717, 1.165) is 13.2 Å². The van der Waals surface area contributed by atoms with Crippen LogP contribution in [0, 0.1) is 5.92 Å². The molecule has 1 heterocycles. The molecule has 1 N–H and O–H groups in total. The summed E-state index contributed by atoms with van der Waals surface area (Å²) in [5, 5.41) is 3.48. The van der Waals surface area contributed by atoms with Gasteiger partial charge >= 0.3 is 0 Å². The van der Waals surface area contributed by atoms with Crippen LogP contribution in [0.15, 0.2) is 34.6 Å². The average Bonchev–Trinajstić information content (AvgIpc) is 3.09. The minimum absolute atomic E-state index is 0.649. The van der Waals surface area contributed by atoms with Crippen molar-refractivity contribution in [3.8, 4) is 0 Å². The van der Waals surface area contributed by atoms with Crippen LogP contribution < -0.4 is 5.32 Å². The molecule has 0 aromatic rings. The van der Waals surface area contributed by atoms with Crippen LogP contribution in [-0.4, -0.2) is 24.2 Å². The van der Waals surface area contributed by atoms with E-state index in [0.29, 0.717) is 12.0 Å². The summed E-state index contributed by atoms with van der Waals surface area (Å²) >= 11 is 0. The van der Waals surface area contributed by atoms with Crippen LogP contribution in [0.4, 0.5) is 0 Å². The van der Waals surface area contributed by atoms with Crippen molar-refractivity contribution >= 4 is 0 Å². The van der Waals surface area contributed by atoms with E-state index in [4.69, 9.17) is 0 Å². The third kappa shape index (κ3) is 1.75. The first-order valence-electron chi connectivity index (χ1n) is 6.83. The lowest BCUT2D eigenvalue weighted by Gasteiger charge is -2.40. The second-order valence-corrected chi connectivity index (χ2v) is 5.46. The standard InChI is InChI=1S/C15H22N2/c1-4-16-9-17-11(3)5-6-12-7-10(2)13-8-14(13)15(12)17/h7-8,11,14,16H,4-6,9H2,1-3H3/t11?,14-/m1/s1. The zero-order chi connectivity index (χ0) is 12.0. The van der Waals surface area contributed by atoms with Gasteiger partial charge in [0, 0.05) is 17.7 Å². The van der Waals surface area contributed by atoms with Crippen LogP contribution in [0.2, 0.25) is 0 Å². The molecule has 17 heavy (non-hydrogen) atoms. The van der Waals surface area contributed by atoms with Crippen molar-refractivity contribution in [3.63, 3.8) is 0 Å². The molecular formula is C15H22N2. The molecule has 3 aliphatic rings. The van der Waals surface area contributed by atoms with Crippen molar-refractivity contribution < 1.29 is 0 Å². The zero-order valence-electron chi connectivity index (χ0n) is 11.1. The van der Waals surface area contributed by atoms with Crippen molar-refractivity contribution in [2.24, 2.45) is 5.92 Å². The minimum Gasteiger partial charge on any atom is -0.358 e. The molecule has 3 rings (SSSR count). The van der Waals surface area contributed by atoms with E-state index < -0.39 is 0 Å². The Hall–Kier alpha value is -1.02. The molecule has 2 heteroatoms. The summed E-state index contributed by atoms with van der Waals surface area (Å²) in [4.78, 5) is 2.58. The Morgan fingerprint density at radius 3 is 3.06 bits per heavy atom. The van der Waals surface area contributed by atoms with E-state index in [2.05, 4.69) is 43.1 Å². The summed E-state index contributed by atoms with van der Waals surface area (Å²) in [5.74, 6) is 0.649. The van der Waals surface area contributed by atoms with Crippen LogP contribution in [-0.2, 0) is 0 Å². The molecule has 0 fully saturated rings. The summed E-state index contributed by atoms with van der Waals surface area (Å²) in [6.45, 7) is 8.83. The average molecular weight is 230 g/mol. The van der Waals surface area contributed by atoms with Crippen molar-refractivity contribution in [1.29, 1.82) is 0 Å². The highest BCUT2D eigenvalue weighted by atomic mass is 15.3. The SMILES string of the molecule is CCNCN1C2=C(C=C(C)C3=C[C@H]32)CCC1C. The maximum Gasteiger partial charge on any atom is 0.0682 e. The number of nitrogens with zero attached hydrogens (tertiary/aromatic N) is 1. The fourth-order valence-electron chi connectivity index (χ4n) is 3.15. The monoisotopic (exact) mass is 230 g/mol. The van der Waals surface area contributed by atoms with Crippen LogP contribution in [0.25, 0.3) is 0 Å². The van der Waals surface area contributed by atoms with Gasteiger partial charge in [-0.05, 0) is 50.0 Å². The molecule has 1 aliphatic heterocycles. The first kappa shape index (κ1) is 11.1. The van der Waals surface area contributed by atoms with Gasteiger partial charge in [0.15, 0.2) is 0 Å². The van der Waals surface area contributed by atoms with Gasteiger partial charge in [0.05, 0.1) is 6.67 Å². The van der Waals surface area contributed by atoms with Gasteiger partial charge in [-0.3, -0.25) is 0 Å². The fourth-order valence-corrected chi connectivity index (χ4v) is 3.15. The van der Waals surface area contributed by atoms with Crippen molar-refractivity contribution in [1.82, 2.24) is 10.2 Å². The quantitative estimate of drug-likeness (QED) is 0.802. The molecule has 2 nitrogen and oxygen atoms in total. The molecular weight excluding hydrogens is 208 g/mol. The van der Waals surface area contributed by atoms with Gasteiger partial charge in [0.2, 0.25) is 0 Å². The Morgan fingerprint density at radius 1 is 1.47 bits per heavy atom. The Morgan fingerprint density at radius 2 is 2.29 bits per heavy atom. The summed E-state index contributed by atoms with van der Waals surface area (Å²) in [6, 6.07) is 0.676. The van der Waals surface area contributed by atoms with E-state index in [1.54, 1.807) is 16.8 Å². The molecule has 2 atom stereocenters. The Labute approximate surface area is 104 Å². The predicted octanol–water partition coefficient (Wildman–Crippen LogP) is 2.81. The highest BCUT2D eigenvalue weighted by molar-refractivity contribution is 5.60. The number of nitrogens with one attached hydrogen (secondary N) is 1. The largest absolute Gasteiger partial charge is 0.358 e. The number of hydrogen-bond donors (Lipinski definition) is 1. The molecule has 0 aromatic carbocycles. The lowest BCUT2D eigenvalue weighted by atomic mass is 9.88. The lowest BCUT2D eigenvalue weighted by Crippen LogP contribution is -2.43. The first-order chi connectivity index (χ1) is 8.22. The second-order valence-electron chi connectivity index (χ2n) is 5.46. The molecule has 92 valence electrons. The maximum atomic E-state index is 3.48. The Bertz CT molecular complexity index is 428. The topological polar surface area (TPSA) is 15.3 Å². The normalized spacial score (nSPS) is 30.6. The van der Waals surface area contributed by atoms with Gasteiger partial charge in [-0.15, -0.1) is 0 Å². The number of allylic oxidation sites excluding steroid dienone is 4. The van der Waals surface area contributed by atoms with Crippen molar-refractivity contribution in [2.45, 2.75) is 39.7 Å². The molecule has 0 amide bonds. The lowest BCUT2D eigenvalue weighted by molar-refractivity contribution is 0.212. The fraction of sp³-hybridized carbons (Fsp3) is 0.600. The van der Waals surface area contributed by atoms with Gasteiger partial charge in [0.1, 0.15) is 0 Å². The van der Waals surface area contributed by atoms with Gasteiger partial charge < -0.3 is 10.2 Å². The molecule has 0 aromatic heterocycles. The van der Waals surface area contributed by atoms with Crippen LogP contribution in [0.1, 0.15) is 33.6 Å². The number of hydrogen-bond acceptors (Lipinski definition) is 2. The zero-order valence-corrected chi connectivity index (χ0v) is 11.1. The summed E-state index contributed by atoms with van der Waals surface area (Å²) in [7, 11) is 0. The van der Waals surface area contributed by atoms with E-state index in [1.165, 1.54) is 18.4 Å². The number of fused-ring (bicyclic) bond motifs is 2. The molecule has 0 saturated carbocycles. The van der Waals surface area contributed by atoms with Gasteiger partial charge in [-0.2, -0.15) is 0 Å². The van der Waals surface area contributed by atoms with Crippen molar-refractivity contribution in [3.05, 3.63) is 34.6 Å². The van der Waals surface area contributed by atoms with E-state index in [-0.39, 0.29) is 0 Å². The Kier molecular flexibility index (Phi) is 2.62. The minimum atomic E-state index is 0.649. The number of rotatable bonds is 3. The van der Waals surface area contributed by atoms with Gasteiger partial charge in [-0.25, -0.2) is 0 Å². The van der Waals surface area contributed by atoms with Crippen LogP contribution in [0.5, 0.6) is 0 Å². The molecule has 0 radical (unpaired) electrons. The highest BCUT2D eigenvalue weighted by Crippen LogP contribution is 2.49. The van der Waals surface area contributed by atoms with Crippen LogP contribution in [0.3, 0.4) is 0 Å². The molecule has 0 bridgehead atoms. The molecule has 1 unspecified atom stereocenters. The molecule has 0 spiro atoms. The maximum absolute atomic E-state index is 3.48. The third-order valence-corrected chi connectivity index (χ3v) is 4.25. The highest BCUT2D eigenvalue weighted by Gasteiger charge is 2.39. The van der Waals surface area contributed by atoms with Crippen molar-refractivity contribution in [2.75, 3.05) is 13.2 Å². The summed E-state index contributed by atoms with van der Waals surface area (Å²) in [6.07, 6.45) is 7.38. The summed E-state index contributed by atoms with van der Waals surface area (Å²) in [5.41, 5.74) is 6.23. The first-order valence-corrected chi connectivity index (χ1v) is 6.83. The molecule has 2 aliphatic carbocycles. The Balaban J connectivity index is 1.89. The summed E-state index contributed by atoms with van der Waals surface area (Å²) < 4.78 is 0. The van der Waals surface area contributed by atoms with E-state index in [1.807, 2.05) is 0 Å². The van der Waals surface area contributed by atoms with Gasteiger partial charge in [0.25, 0.3) is 0 Å².